The molecule has 5 N–H and O–H groups in total. The second-order valence-electron chi connectivity index (χ2n) is 5.07. The van der Waals surface area contributed by atoms with E-state index in [4.69, 9.17) is 10.8 Å². The van der Waals surface area contributed by atoms with Gasteiger partial charge in [0, 0.05) is 11.2 Å². The van der Waals surface area contributed by atoms with Gasteiger partial charge >= 0.3 is 5.97 Å². The van der Waals surface area contributed by atoms with Crippen molar-refractivity contribution in [3.8, 4) is 0 Å². The highest BCUT2D eigenvalue weighted by Crippen LogP contribution is 2.20. The number of hydrogen-bond donors (Lipinski definition) is 4. The van der Waals surface area contributed by atoms with Crippen LogP contribution in [0.1, 0.15) is 31.1 Å². The Morgan fingerprint density at radius 3 is 2.37 bits per heavy atom. The SMILES string of the molecule is CC(C)(C)NS(=O)(=O)Nc1ccc(N)cc1C(=O)O. The lowest BCUT2D eigenvalue weighted by Gasteiger charge is -2.21. The van der Waals surface area contributed by atoms with E-state index in [0.717, 1.165) is 0 Å². The van der Waals surface area contributed by atoms with E-state index in [1.807, 2.05) is 0 Å². The number of carbonyl (C=O) groups is 1. The third-order valence-corrected chi connectivity index (χ3v) is 3.33. The maximum atomic E-state index is 11.8. The summed E-state index contributed by atoms with van der Waals surface area (Å²) in [5.41, 5.74) is 4.78. The topological polar surface area (TPSA) is 122 Å². The van der Waals surface area contributed by atoms with E-state index in [-0.39, 0.29) is 16.9 Å². The molecule has 0 fully saturated rings. The van der Waals surface area contributed by atoms with Gasteiger partial charge in [0.2, 0.25) is 0 Å². The zero-order chi connectivity index (χ0) is 14.8. The summed E-state index contributed by atoms with van der Waals surface area (Å²) in [4.78, 5) is 11.0. The average molecular weight is 287 g/mol. The van der Waals surface area contributed by atoms with E-state index in [9.17, 15) is 13.2 Å². The molecule has 0 saturated carbocycles. The summed E-state index contributed by atoms with van der Waals surface area (Å²) < 4.78 is 28.2. The highest BCUT2D eigenvalue weighted by Gasteiger charge is 2.21. The standard InChI is InChI=1S/C11H17N3O4S/c1-11(2,3)14-19(17,18)13-9-5-4-7(12)6-8(9)10(15)16/h4-6,13-14H,12H2,1-3H3,(H,15,16). The third-order valence-electron chi connectivity index (χ3n) is 1.96. The van der Waals surface area contributed by atoms with Gasteiger partial charge in [-0.1, -0.05) is 0 Å². The van der Waals surface area contributed by atoms with E-state index in [1.54, 1.807) is 20.8 Å². The Bertz CT molecular complexity index is 590. The van der Waals surface area contributed by atoms with Gasteiger partial charge in [0.25, 0.3) is 10.2 Å². The third kappa shape index (κ3) is 4.76. The summed E-state index contributed by atoms with van der Waals surface area (Å²) in [6.07, 6.45) is 0. The first-order chi connectivity index (χ1) is 8.50. The maximum absolute atomic E-state index is 11.8. The van der Waals surface area contributed by atoms with Crippen LogP contribution in [-0.4, -0.2) is 25.0 Å². The predicted molar refractivity (Wildman–Crippen MR) is 73.2 cm³/mol. The molecule has 0 radical (unpaired) electrons. The summed E-state index contributed by atoms with van der Waals surface area (Å²) in [6, 6.07) is 3.92. The first kappa shape index (κ1) is 15.3. The number of carboxylic acids is 1. The zero-order valence-corrected chi connectivity index (χ0v) is 11.7. The molecule has 1 aromatic carbocycles. The van der Waals surface area contributed by atoms with Crippen molar-refractivity contribution in [1.29, 1.82) is 0 Å². The zero-order valence-electron chi connectivity index (χ0n) is 10.9. The fourth-order valence-electron chi connectivity index (χ4n) is 1.40. The van der Waals surface area contributed by atoms with Crippen LogP contribution in [0.3, 0.4) is 0 Å². The molecule has 0 aliphatic heterocycles. The normalized spacial score (nSPS) is 12.2. The smallest absolute Gasteiger partial charge is 0.337 e. The molecule has 1 aromatic rings. The lowest BCUT2D eigenvalue weighted by Crippen LogP contribution is -2.43. The summed E-state index contributed by atoms with van der Waals surface area (Å²) in [6.45, 7) is 5.02. The quantitative estimate of drug-likeness (QED) is 0.616. The van der Waals surface area contributed by atoms with Gasteiger partial charge in [-0.25, -0.2) is 4.79 Å². The predicted octanol–water partition coefficient (Wildman–Crippen LogP) is 1.01. The first-order valence-electron chi connectivity index (χ1n) is 5.45. The van der Waals surface area contributed by atoms with Crippen molar-refractivity contribution in [2.24, 2.45) is 0 Å². The van der Waals surface area contributed by atoms with E-state index >= 15 is 0 Å². The van der Waals surface area contributed by atoms with Gasteiger partial charge in [0.15, 0.2) is 0 Å². The number of benzene rings is 1. The Morgan fingerprint density at radius 1 is 1.32 bits per heavy atom. The van der Waals surface area contributed by atoms with Crippen molar-refractivity contribution in [1.82, 2.24) is 4.72 Å². The summed E-state index contributed by atoms with van der Waals surface area (Å²) in [7, 11) is -3.87. The molecule has 0 saturated heterocycles. The van der Waals surface area contributed by atoms with Crippen molar-refractivity contribution in [2.45, 2.75) is 26.3 Å². The van der Waals surface area contributed by atoms with Gasteiger partial charge in [-0.2, -0.15) is 13.1 Å². The maximum Gasteiger partial charge on any atom is 0.337 e. The first-order valence-corrected chi connectivity index (χ1v) is 6.93. The molecule has 0 aromatic heterocycles. The van der Waals surface area contributed by atoms with E-state index in [0.29, 0.717) is 0 Å². The second-order valence-corrected chi connectivity index (χ2v) is 6.48. The van der Waals surface area contributed by atoms with E-state index in [2.05, 4.69) is 9.44 Å². The monoisotopic (exact) mass is 287 g/mol. The second kappa shape index (κ2) is 5.06. The Morgan fingerprint density at radius 2 is 1.89 bits per heavy atom. The average Bonchev–Trinajstić information content (AvgIpc) is 2.16. The number of nitrogen functional groups attached to an aromatic ring is 1. The molecule has 0 heterocycles. The lowest BCUT2D eigenvalue weighted by molar-refractivity contribution is 0.0698. The number of anilines is 2. The van der Waals surface area contributed by atoms with Crippen LogP contribution in [0.4, 0.5) is 11.4 Å². The van der Waals surface area contributed by atoms with Gasteiger partial charge < -0.3 is 10.8 Å². The summed E-state index contributed by atoms with van der Waals surface area (Å²) in [5, 5.41) is 9.01. The number of nitrogens with one attached hydrogen (secondary N) is 2. The largest absolute Gasteiger partial charge is 0.478 e. The molecular weight excluding hydrogens is 270 g/mol. The van der Waals surface area contributed by atoms with Gasteiger partial charge in [0.1, 0.15) is 0 Å². The Labute approximate surface area is 112 Å². The molecule has 106 valence electrons. The number of carboxylic acid groups (broad SMARTS) is 1. The van der Waals surface area contributed by atoms with Crippen LogP contribution in [0.5, 0.6) is 0 Å². The molecule has 8 heteroatoms. The van der Waals surface area contributed by atoms with Crippen LogP contribution in [-0.2, 0) is 10.2 Å². The minimum absolute atomic E-state index is 0.0431. The summed E-state index contributed by atoms with van der Waals surface area (Å²) in [5.74, 6) is -1.26. The van der Waals surface area contributed by atoms with Gasteiger partial charge in [0.05, 0.1) is 11.3 Å². The Hall–Kier alpha value is -1.80. The van der Waals surface area contributed by atoms with E-state index < -0.39 is 21.7 Å². The van der Waals surface area contributed by atoms with Crippen LogP contribution in [0.25, 0.3) is 0 Å². The molecule has 0 amide bonds. The van der Waals surface area contributed by atoms with Crippen LogP contribution < -0.4 is 15.2 Å². The molecule has 7 nitrogen and oxygen atoms in total. The van der Waals surface area contributed by atoms with Crippen LogP contribution in [0.15, 0.2) is 18.2 Å². The van der Waals surface area contributed by atoms with Crippen molar-refractivity contribution >= 4 is 27.6 Å². The molecule has 0 spiro atoms. The number of rotatable bonds is 4. The highest BCUT2D eigenvalue weighted by molar-refractivity contribution is 7.90. The number of hydrogen-bond acceptors (Lipinski definition) is 4. The fraction of sp³-hybridized carbons (Fsp3) is 0.364. The molecule has 0 bridgehead atoms. The molecule has 0 aliphatic rings. The number of aromatic carboxylic acids is 1. The molecule has 0 unspecified atom stereocenters. The molecular formula is C11H17N3O4S. The van der Waals surface area contributed by atoms with Crippen LogP contribution in [0, 0.1) is 0 Å². The molecule has 0 atom stereocenters. The lowest BCUT2D eigenvalue weighted by atomic mass is 10.1. The summed E-state index contributed by atoms with van der Waals surface area (Å²) >= 11 is 0. The highest BCUT2D eigenvalue weighted by atomic mass is 32.2. The Balaban J connectivity index is 3.10. The van der Waals surface area contributed by atoms with Gasteiger partial charge in [-0.3, -0.25) is 4.72 Å². The Kier molecular flexibility index (Phi) is 4.06. The fourth-order valence-corrected chi connectivity index (χ4v) is 2.73. The van der Waals surface area contributed by atoms with Gasteiger partial charge in [-0.05, 0) is 39.0 Å². The van der Waals surface area contributed by atoms with Crippen LogP contribution in [0.2, 0.25) is 0 Å². The van der Waals surface area contributed by atoms with Gasteiger partial charge in [-0.15, -0.1) is 0 Å². The number of nitrogens with two attached hydrogens (primary N) is 1. The van der Waals surface area contributed by atoms with Crippen molar-refractivity contribution in [3.63, 3.8) is 0 Å². The molecule has 1 rings (SSSR count). The van der Waals surface area contributed by atoms with E-state index in [1.165, 1.54) is 18.2 Å². The van der Waals surface area contributed by atoms with Crippen LogP contribution >= 0.6 is 0 Å². The van der Waals surface area contributed by atoms with Crippen molar-refractivity contribution in [2.75, 3.05) is 10.5 Å². The van der Waals surface area contributed by atoms with Crippen molar-refractivity contribution < 1.29 is 18.3 Å². The minimum atomic E-state index is -3.87. The van der Waals surface area contributed by atoms with Crippen molar-refractivity contribution in [3.05, 3.63) is 23.8 Å². The minimum Gasteiger partial charge on any atom is -0.478 e. The molecule has 0 aliphatic carbocycles. The molecule has 19 heavy (non-hydrogen) atoms.